The molecule has 0 atom stereocenters. The van der Waals surface area contributed by atoms with Crippen molar-refractivity contribution in [3.05, 3.63) is 34.7 Å². The molecule has 102 valence electrons. The third-order valence-corrected chi connectivity index (χ3v) is 3.30. The molecule has 1 aromatic heterocycles. The molecular formula is C15H18ClFN2. The number of hydrogen-bond acceptors (Lipinski definition) is 2. The van der Waals surface area contributed by atoms with Gasteiger partial charge in [0.15, 0.2) is 0 Å². The highest BCUT2D eigenvalue weighted by atomic mass is 35.5. The molecule has 0 aliphatic heterocycles. The van der Waals surface area contributed by atoms with Gasteiger partial charge in [-0.25, -0.2) is 4.39 Å². The Hall–Kier alpha value is -1.35. The fraction of sp³-hybridized carbons (Fsp3) is 0.400. The average molecular weight is 281 g/mol. The van der Waals surface area contributed by atoms with Gasteiger partial charge in [-0.05, 0) is 30.5 Å². The van der Waals surface area contributed by atoms with Crippen molar-refractivity contribution in [2.75, 3.05) is 11.9 Å². The van der Waals surface area contributed by atoms with E-state index in [-0.39, 0.29) is 5.82 Å². The maximum Gasteiger partial charge on any atom is 0.125 e. The normalized spacial score (nSPS) is 11.3. The fourth-order valence-electron chi connectivity index (χ4n) is 1.97. The second-order valence-electron chi connectivity index (χ2n) is 4.96. The van der Waals surface area contributed by atoms with Gasteiger partial charge in [0, 0.05) is 23.3 Å². The van der Waals surface area contributed by atoms with Crippen LogP contribution in [0.25, 0.3) is 10.9 Å². The minimum absolute atomic E-state index is 0.299. The molecule has 1 aromatic carbocycles. The maximum atomic E-state index is 13.5. The van der Waals surface area contributed by atoms with E-state index in [4.69, 9.17) is 11.6 Å². The summed E-state index contributed by atoms with van der Waals surface area (Å²) < 4.78 is 13.5. The van der Waals surface area contributed by atoms with Crippen molar-refractivity contribution < 1.29 is 4.39 Å². The molecule has 0 fully saturated rings. The molecule has 0 radical (unpaired) electrons. The van der Waals surface area contributed by atoms with Crippen LogP contribution in [0.3, 0.4) is 0 Å². The highest BCUT2D eigenvalue weighted by Crippen LogP contribution is 2.31. The van der Waals surface area contributed by atoms with Gasteiger partial charge in [-0.2, -0.15) is 0 Å². The second kappa shape index (κ2) is 5.74. The quantitative estimate of drug-likeness (QED) is 0.855. The fourth-order valence-corrected chi connectivity index (χ4v) is 2.22. The minimum Gasteiger partial charge on any atom is -0.384 e. The number of hydrogen-bond donors (Lipinski definition) is 1. The van der Waals surface area contributed by atoms with Crippen LogP contribution in [-0.4, -0.2) is 11.5 Å². The molecule has 1 heterocycles. The number of rotatable bonds is 4. The summed E-state index contributed by atoms with van der Waals surface area (Å²) in [5.41, 5.74) is 2.52. The topological polar surface area (TPSA) is 24.9 Å². The van der Waals surface area contributed by atoms with E-state index < -0.39 is 0 Å². The molecule has 1 N–H and O–H groups in total. The van der Waals surface area contributed by atoms with Gasteiger partial charge < -0.3 is 5.32 Å². The highest BCUT2D eigenvalue weighted by Gasteiger charge is 2.12. The number of anilines is 1. The smallest absolute Gasteiger partial charge is 0.125 e. The van der Waals surface area contributed by atoms with Crippen molar-refractivity contribution in [3.63, 3.8) is 0 Å². The third-order valence-electron chi connectivity index (χ3n) is 3.01. The molecule has 19 heavy (non-hydrogen) atoms. The number of fused-ring (bicyclic) bond motifs is 1. The Kier molecular flexibility index (Phi) is 4.25. The van der Waals surface area contributed by atoms with Crippen LogP contribution in [0.1, 0.15) is 38.8 Å². The SMILES string of the molecule is CCCNc1cc(C(C)C)nc2c(Cl)cc(F)cc12. The Labute approximate surface area is 118 Å². The number of nitrogens with one attached hydrogen (secondary N) is 1. The van der Waals surface area contributed by atoms with Crippen LogP contribution >= 0.6 is 11.6 Å². The summed E-state index contributed by atoms with van der Waals surface area (Å²) >= 11 is 6.11. The van der Waals surface area contributed by atoms with Crippen molar-refractivity contribution in [2.45, 2.75) is 33.1 Å². The van der Waals surface area contributed by atoms with Crippen LogP contribution in [0.15, 0.2) is 18.2 Å². The number of nitrogens with zero attached hydrogens (tertiary/aromatic N) is 1. The lowest BCUT2D eigenvalue weighted by Gasteiger charge is -2.14. The van der Waals surface area contributed by atoms with Crippen molar-refractivity contribution in [3.8, 4) is 0 Å². The van der Waals surface area contributed by atoms with Crippen LogP contribution in [0.4, 0.5) is 10.1 Å². The molecule has 2 aromatic rings. The lowest BCUT2D eigenvalue weighted by Crippen LogP contribution is -2.04. The van der Waals surface area contributed by atoms with Gasteiger partial charge in [-0.3, -0.25) is 4.98 Å². The first-order valence-electron chi connectivity index (χ1n) is 6.56. The Morgan fingerprint density at radius 3 is 2.68 bits per heavy atom. The zero-order valence-corrected chi connectivity index (χ0v) is 12.2. The molecule has 2 rings (SSSR count). The predicted molar refractivity (Wildman–Crippen MR) is 79.6 cm³/mol. The zero-order chi connectivity index (χ0) is 14.0. The molecular weight excluding hydrogens is 263 g/mol. The van der Waals surface area contributed by atoms with Crippen LogP contribution in [0, 0.1) is 5.82 Å². The van der Waals surface area contributed by atoms with Crippen LogP contribution < -0.4 is 5.32 Å². The van der Waals surface area contributed by atoms with Gasteiger partial charge in [0.1, 0.15) is 5.82 Å². The maximum absolute atomic E-state index is 13.5. The number of aromatic nitrogens is 1. The lowest BCUT2D eigenvalue weighted by atomic mass is 10.1. The van der Waals surface area contributed by atoms with Gasteiger partial charge in [-0.1, -0.05) is 32.4 Å². The summed E-state index contributed by atoms with van der Waals surface area (Å²) in [5, 5.41) is 4.42. The summed E-state index contributed by atoms with van der Waals surface area (Å²) in [6.07, 6.45) is 1.00. The molecule has 0 aliphatic carbocycles. The summed E-state index contributed by atoms with van der Waals surface area (Å²) in [6.45, 7) is 7.09. The van der Waals surface area contributed by atoms with Crippen molar-refractivity contribution in [1.82, 2.24) is 4.98 Å². The summed E-state index contributed by atoms with van der Waals surface area (Å²) in [4.78, 5) is 4.55. The lowest BCUT2D eigenvalue weighted by molar-refractivity contribution is 0.629. The molecule has 0 amide bonds. The van der Waals surface area contributed by atoms with Gasteiger partial charge in [0.2, 0.25) is 0 Å². The summed E-state index contributed by atoms with van der Waals surface area (Å²) in [6, 6.07) is 4.78. The summed E-state index contributed by atoms with van der Waals surface area (Å²) in [5.74, 6) is -0.0381. The van der Waals surface area contributed by atoms with E-state index in [0.29, 0.717) is 16.5 Å². The molecule has 0 aliphatic rings. The van der Waals surface area contributed by atoms with E-state index in [1.165, 1.54) is 12.1 Å². The Morgan fingerprint density at radius 1 is 1.32 bits per heavy atom. The molecule has 0 saturated heterocycles. The van der Waals surface area contributed by atoms with E-state index in [1.807, 2.05) is 6.07 Å². The second-order valence-corrected chi connectivity index (χ2v) is 5.37. The monoisotopic (exact) mass is 280 g/mol. The van der Waals surface area contributed by atoms with Crippen LogP contribution in [0.5, 0.6) is 0 Å². The number of benzene rings is 1. The van der Waals surface area contributed by atoms with Crippen LogP contribution in [-0.2, 0) is 0 Å². The molecule has 0 saturated carbocycles. The van der Waals surface area contributed by atoms with Gasteiger partial charge in [-0.15, -0.1) is 0 Å². The molecule has 0 bridgehead atoms. The first-order chi connectivity index (χ1) is 9.02. The molecule has 0 unspecified atom stereocenters. The first kappa shape index (κ1) is 14.1. The first-order valence-corrected chi connectivity index (χ1v) is 6.94. The van der Waals surface area contributed by atoms with Crippen molar-refractivity contribution >= 4 is 28.2 Å². The Bertz CT molecular complexity index is 596. The van der Waals surface area contributed by atoms with Crippen molar-refractivity contribution in [2.24, 2.45) is 0 Å². The van der Waals surface area contributed by atoms with E-state index in [9.17, 15) is 4.39 Å². The Balaban J connectivity index is 2.67. The predicted octanol–water partition coefficient (Wildman–Crippen LogP) is 4.97. The van der Waals surface area contributed by atoms with E-state index in [0.717, 1.165) is 29.7 Å². The highest BCUT2D eigenvalue weighted by molar-refractivity contribution is 6.35. The van der Waals surface area contributed by atoms with E-state index in [1.54, 1.807) is 0 Å². The zero-order valence-electron chi connectivity index (χ0n) is 11.4. The number of halogens is 2. The third kappa shape index (κ3) is 2.98. The van der Waals surface area contributed by atoms with E-state index in [2.05, 4.69) is 31.1 Å². The van der Waals surface area contributed by atoms with Gasteiger partial charge in [0.25, 0.3) is 0 Å². The van der Waals surface area contributed by atoms with Gasteiger partial charge in [0.05, 0.1) is 10.5 Å². The van der Waals surface area contributed by atoms with Gasteiger partial charge >= 0.3 is 0 Å². The standard InChI is InChI=1S/C15H18ClFN2/c1-4-5-18-14-8-13(9(2)3)19-15-11(14)6-10(17)7-12(15)16/h6-9H,4-5H2,1-3H3,(H,18,19). The minimum atomic E-state index is -0.337. The number of pyridine rings is 1. The molecule has 2 nitrogen and oxygen atoms in total. The largest absolute Gasteiger partial charge is 0.384 e. The summed E-state index contributed by atoms with van der Waals surface area (Å²) in [7, 11) is 0. The van der Waals surface area contributed by atoms with Crippen molar-refractivity contribution in [1.29, 1.82) is 0 Å². The van der Waals surface area contributed by atoms with Crippen LogP contribution in [0.2, 0.25) is 5.02 Å². The molecule has 0 spiro atoms. The molecule has 4 heteroatoms. The van der Waals surface area contributed by atoms with E-state index >= 15 is 0 Å². The average Bonchev–Trinajstić information content (AvgIpc) is 2.35. The Morgan fingerprint density at radius 2 is 2.05 bits per heavy atom.